The van der Waals surface area contributed by atoms with Crippen molar-refractivity contribution >= 4 is 49.2 Å². The van der Waals surface area contributed by atoms with E-state index >= 15 is 0 Å². The lowest BCUT2D eigenvalue weighted by molar-refractivity contribution is -0.114. The molecule has 1 heterocycles. The number of nitrogens with zero attached hydrogens (tertiary/aromatic N) is 1. The number of ketones is 1. The Balaban J connectivity index is 2.03. The minimum Gasteiger partial charge on any atom is -0.300 e. The van der Waals surface area contributed by atoms with Crippen molar-refractivity contribution in [3.63, 3.8) is 0 Å². The van der Waals surface area contributed by atoms with Crippen LogP contribution >= 0.6 is 31.9 Å². The monoisotopic (exact) mass is 411 g/mol. The molecule has 0 spiro atoms. The Bertz CT molecular complexity index is 776. The average Bonchev–Trinajstić information content (AvgIpc) is 2.68. The predicted octanol–water partition coefficient (Wildman–Crippen LogP) is 4.08. The van der Waals surface area contributed by atoms with Crippen molar-refractivity contribution < 1.29 is 14.0 Å². The van der Waals surface area contributed by atoms with E-state index in [1.165, 1.54) is 17.0 Å². The van der Waals surface area contributed by atoms with Crippen molar-refractivity contribution in [2.24, 2.45) is 0 Å². The summed E-state index contributed by atoms with van der Waals surface area (Å²) in [6, 6.07) is 9.46. The summed E-state index contributed by atoms with van der Waals surface area (Å²) in [4.78, 5) is 25.6. The summed E-state index contributed by atoms with van der Waals surface area (Å²) >= 11 is 6.57. The molecule has 0 aromatic heterocycles. The quantitative estimate of drug-likeness (QED) is 0.697. The Kier molecular flexibility index (Phi) is 3.67. The molecule has 0 atom stereocenters. The number of carbonyl (C=O) groups is 2. The summed E-state index contributed by atoms with van der Waals surface area (Å²) in [5, 5.41) is 0. The second kappa shape index (κ2) is 5.35. The van der Waals surface area contributed by atoms with Gasteiger partial charge in [-0.25, -0.2) is 4.39 Å². The van der Waals surface area contributed by atoms with Gasteiger partial charge in [0.1, 0.15) is 5.82 Å². The van der Waals surface area contributed by atoms with Crippen molar-refractivity contribution in [3.8, 4) is 0 Å². The second-order valence-electron chi connectivity index (χ2n) is 4.59. The third-order valence-corrected chi connectivity index (χ3v) is 4.69. The number of halogens is 3. The number of fused-ring (bicyclic) bond motifs is 1. The summed E-state index contributed by atoms with van der Waals surface area (Å²) in [6.07, 6.45) is 0. The van der Waals surface area contributed by atoms with Gasteiger partial charge in [0.05, 0.1) is 17.8 Å². The number of amides is 1. The molecule has 0 saturated carbocycles. The van der Waals surface area contributed by atoms with Gasteiger partial charge in [0.15, 0.2) is 0 Å². The molecule has 6 heteroatoms. The molecule has 2 aromatic carbocycles. The van der Waals surface area contributed by atoms with E-state index < -0.39 is 11.7 Å². The van der Waals surface area contributed by atoms with Crippen molar-refractivity contribution in [2.75, 3.05) is 4.90 Å². The molecule has 21 heavy (non-hydrogen) atoms. The van der Waals surface area contributed by atoms with Crippen molar-refractivity contribution in [3.05, 3.63) is 62.3 Å². The van der Waals surface area contributed by atoms with Gasteiger partial charge in [0.2, 0.25) is 0 Å². The SMILES string of the molecule is O=C1C(=O)N(Cc2ccc(F)cc2Br)c2cccc(Br)c21. The Hall–Kier alpha value is -1.53. The predicted molar refractivity (Wildman–Crippen MR) is 83.8 cm³/mol. The maximum Gasteiger partial charge on any atom is 0.299 e. The van der Waals surface area contributed by atoms with Crippen molar-refractivity contribution in [2.45, 2.75) is 6.54 Å². The van der Waals surface area contributed by atoms with E-state index in [9.17, 15) is 14.0 Å². The Morgan fingerprint density at radius 1 is 1.05 bits per heavy atom. The topological polar surface area (TPSA) is 37.4 Å². The zero-order valence-electron chi connectivity index (χ0n) is 10.6. The maximum atomic E-state index is 13.1. The van der Waals surface area contributed by atoms with Crippen LogP contribution in [0.2, 0.25) is 0 Å². The molecule has 0 N–H and O–H groups in total. The minimum atomic E-state index is -0.576. The maximum absolute atomic E-state index is 13.1. The van der Waals surface area contributed by atoms with Crippen LogP contribution in [-0.2, 0) is 11.3 Å². The molecule has 0 saturated heterocycles. The van der Waals surface area contributed by atoms with Crippen LogP contribution in [0, 0.1) is 5.82 Å². The number of carbonyl (C=O) groups excluding carboxylic acids is 2. The molecule has 1 amide bonds. The standard InChI is InChI=1S/C15H8Br2FNO2/c16-10-2-1-3-12-13(10)14(20)15(21)19(12)7-8-4-5-9(18)6-11(8)17/h1-6H,7H2. The lowest BCUT2D eigenvalue weighted by Gasteiger charge is -2.17. The summed E-state index contributed by atoms with van der Waals surface area (Å²) in [6.45, 7) is 0.203. The summed E-state index contributed by atoms with van der Waals surface area (Å²) in [7, 11) is 0. The van der Waals surface area contributed by atoms with E-state index in [1.807, 2.05) is 0 Å². The minimum absolute atomic E-state index is 0.203. The van der Waals surface area contributed by atoms with Gasteiger partial charge in [-0.05, 0) is 45.8 Å². The van der Waals surface area contributed by atoms with Crippen LogP contribution in [0.3, 0.4) is 0 Å². The van der Waals surface area contributed by atoms with Gasteiger partial charge < -0.3 is 4.90 Å². The smallest absolute Gasteiger partial charge is 0.299 e. The molecular weight excluding hydrogens is 405 g/mol. The fraction of sp³-hybridized carbons (Fsp3) is 0.0667. The normalized spacial score (nSPS) is 13.8. The van der Waals surface area contributed by atoms with Crippen LogP contribution in [0.5, 0.6) is 0 Å². The molecule has 0 radical (unpaired) electrons. The molecule has 1 aliphatic heterocycles. The third kappa shape index (κ3) is 2.42. The van der Waals surface area contributed by atoms with Gasteiger partial charge in [-0.15, -0.1) is 0 Å². The summed E-state index contributed by atoms with van der Waals surface area (Å²) in [5.41, 5.74) is 1.67. The van der Waals surface area contributed by atoms with E-state index in [1.54, 1.807) is 24.3 Å². The summed E-state index contributed by atoms with van der Waals surface area (Å²) in [5.74, 6) is -1.47. The molecule has 0 aliphatic carbocycles. The van der Waals surface area contributed by atoms with Crippen molar-refractivity contribution in [1.82, 2.24) is 0 Å². The number of benzene rings is 2. The molecular formula is C15H8Br2FNO2. The molecule has 0 fully saturated rings. The first-order valence-electron chi connectivity index (χ1n) is 6.07. The van der Waals surface area contributed by atoms with Crippen LogP contribution in [-0.4, -0.2) is 11.7 Å². The first-order valence-corrected chi connectivity index (χ1v) is 7.66. The van der Waals surface area contributed by atoms with E-state index in [0.717, 1.165) is 5.56 Å². The Morgan fingerprint density at radius 2 is 1.81 bits per heavy atom. The largest absolute Gasteiger partial charge is 0.300 e. The molecule has 1 aliphatic rings. The van der Waals surface area contributed by atoms with Gasteiger partial charge in [0, 0.05) is 8.95 Å². The zero-order valence-corrected chi connectivity index (χ0v) is 13.7. The van der Waals surface area contributed by atoms with Crippen LogP contribution in [0.25, 0.3) is 0 Å². The van der Waals surface area contributed by atoms with Crippen LogP contribution in [0.15, 0.2) is 45.3 Å². The summed E-state index contributed by atoms with van der Waals surface area (Å²) < 4.78 is 14.3. The number of Topliss-reactive ketones (excluding diaryl/α,β-unsaturated/α-hetero) is 1. The highest BCUT2D eigenvalue weighted by molar-refractivity contribution is 9.10. The number of hydrogen-bond acceptors (Lipinski definition) is 2. The van der Waals surface area contributed by atoms with Crippen LogP contribution in [0.4, 0.5) is 10.1 Å². The first-order chi connectivity index (χ1) is 9.99. The number of hydrogen-bond donors (Lipinski definition) is 0. The highest BCUT2D eigenvalue weighted by Crippen LogP contribution is 2.35. The lowest BCUT2D eigenvalue weighted by Crippen LogP contribution is -2.29. The highest BCUT2D eigenvalue weighted by Gasteiger charge is 2.37. The van der Waals surface area contributed by atoms with Gasteiger partial charge in [-0.2, -0.15) is 0 Å². The molecule has 3 rings (SSSR count). The fourth-order valence-corrected chi connectivity index (χ4v) is 3.29. The van der Waals surface area contributed by atoms with Crippen LogP contribution < -0.4 is 4.90 Å². The number of rotatable bonds is 2. The van der Waals surface area contributed by atoms with E-state index in [-0.39, 0.29) is 12.4 Å². The van der Waals surface area contributed by atoms with Gasteiger partial charge in [-0.1, -0.05) is 28.1 Å². The Labute approximate surface area is 137 Å². The van der Waals surface area contributed by atoms with E-state index in [0.29, 0.717) is 20.2 Å². The zero-order chi connectivity index (χ0) is 15.1. The molecule has 3 nitrogen and oxygen atoms in total. The van der Waals surface area contributed by atoms with Gasteiger partial charge >= 0.3 is 0 Å². The first kappa shape index (κ1) is 14.4. The fourth-order valence-electron chi connectivity index (χ4n) is 2.28. The van der Waals surface area contributed by atoms with E-state index in [4.69, 9.17) is 0 Å². The molecule has 0 unspecified atom stereocenters. The van der Waals surface area contributed by atoms with Crippen molar-refractivity contribution in [1.29, 1.82) is 0 Å². The highest BCUT2D eigenvalue weighted by atomic mass is 79.9. The molecule has 0 bridgehead atoms. The molecule has 2 aromatic rings. The van der Waals surface area contributed by atoms with Crippen LogP contribution in [0.1, 0.15) is 15.9 Å². The second-order valence-corrected chi connectivity index (χ2v) is 6.30. The average molecular weight is 413 g/mol. The van der Waals surface area contributed by atoms with Gasteiger partial charge in [-0.3, -0.25) is 9.59 Å². The lowest BCUT2D eigenvalue weighted by atomic mass is 10.1. The van der Waals surface area contributed by atoms with E-state index in [2.05, 4.69) is 31.9 Å². The Morgan fingerprint density at radius 3 is 2.52 bits per heavy atom. The van der Waals surface area contributed by atoms with Gasteiger partial charge in [0.25, 0.3) is 11.7 Å². The third-order valence-electron chi connectivity index (χ3n) is 3.29. The number of anilines is 1. The molecule has 106 valence electrons.